The Balaban J connectivity index is 0.000000784. The molecule has 2 atom stereocenters. The lowest BCUT2D eigenvalue weighted by molar-refractivity contribution is -0.130. The molecule has 0 radical (unpaired) electrons. The molecule has 3 heterocycles. The molecule has 0 bridgehead atoms. The van der Waals surface area contributed by atoms with Gasteiger partial charge in [0.05, 0.1) is 49.8 Å². The molecule has 2 unspecified atom stereocenters. The number of carbonyl (C=O) groups excluding carboxylic acids is 4. The summed E-state index contributed by atoms with van der Waals surface area (Å²) in [5.41, 5.74) is 11.1. The Morgan fingerprint density at radius 3 is 2.00 bits per heavy atom. The van der Waals surface area contributed by atoms with Gasteiger partial charge in [-0.05, 0) is 56.0 Å². The molecule has 1 aliphatic heterocycles. The van der Waals surface area contributed by atoms with Crippen molar-refractivity contribution in [2.24, 2.45) is 17.6 Å². The zero-order valence-corrected chi connectivity index (χ0v) is 40.1. The number of nitrogens with two attached hydrogens (primary N) is 1. The van der Waals surface area contributed by atoms with Crippen LogP contribution in [-0.2, 0) is 42.1 Å². The first-order valence-corrected chi connectivity index (χ1v) is 23.7. The molecular formula is C46H68N8O7S2. The molecule has 2 aliphatic rings. The average molecular weight is 909 g/mol. The first kappa shape index (κ1) is 52.3. The van der Waals surface area contributed by atoms with Crippen LogP contribution in [0.25, 0.3) is 22.5 Å². The number of benzene rings is 2. The van der Waals surface area contributed by atoms with E-state index in [1.807, 2.05) is 24.3 Å². The lowest BCUT2D eigenvalue weighted by Crippen LogP contribution is -2.27. The van der Waals surface area contributed by atoms with E-state index in [1.165, 1.54) is 39.4 Å². The number of nitrogens with zero attached hydrogens (tertiary/aromatic N) is 3. The molecule has 4 aromatic rings. The Morgan fingerprint density at radius 1 is 0.889 bits per heavy atom. The molecule has 1 saturated carbocycles. The van der Waals surface area contributed by atoms with Gasteiger partial charge in [0.25, 0.3) is 6.47 Å². The maximum atomic E-state index is 12.4. The van der Waals surface area contributed by atoms with E-state index in [1.54, 1.807) is 23.5 Å². The molecule has 15 nitrogen and oxygen atoms in total. The molecular weight excluding hydrogens is 841 g/mol. The van der Waals surface area contributed by atoms with Gasteiger partial charge < -0.3 is 45.4 Å². The van der Waals surface area contributed by atoms with Crippen molar-refractivity contribution in [1.29, 1.82) is 0 Å². The number of aromatic amines is 2. The van der Waals surface area contributed by atoms with Gasteiger partial charge in [0.1, 0.15) is 23.1 Å². The average Bonchev–Trinajstić information content (AvgIpc) is 3.69. The number of hydrogen-bond donors (Lipinski definition) is 5. The number of thioether (sulfide) groups is 2. The minimum absolute atomic E-state index is 0.0181. The highest BCUT2D eigenvalue weighted by molar-refractivity contribution is 7.99. The third kappa shape index (κ3) is 15.9. The molecule has 17 heteroatoms. The number of carbonyl (C=O) groups is 4. The number of imidazole rings is 2. The number of aromatic nitrogens is 4. The van der Waals surface area contributed by atoms with Crippen LogP contribution in [0.4, 0.5) is 4.79 Å². The summed E-state index contributed by atoms with van der Waals surface area (Å²) in [6, 6.07) is 13.0. The molecule has 2 aromatic heterocycles. The van der Waals surface area contributed by atoms with Gasteiger partial charge in [0.2, 0.25) is 11.8 Å². The van der Waals surface area contributed by atoms with E-state index in [2.05, 4.69) is 110 Å². The van der Waals surface area contributed by atoms with Gasteiger partial charge in [-0.1, -0.05) is 52.7 Å². The van der Waals surface area contributed by atoms with Crippen molar-refractivity contribution in [3.05, 3.63) is 71.6 Å². The Morgan fingerprint density at radius 2 is 1.46 bits per heavy atom. The number of aryl methyl sites for hydroxylation is 2. The Kier molecular flexibility index (Phi) is 22.6. The van der Waals surface area contributed by atoms with Gasteiger partial charge in [0.15, 0.2) is 0 Å². The SMILES string of the molecule is CCC(C)CC(=O)NCSCCc1ncc(-c2ccc3c(c2)C2(CC2)c2ccc(-c4cnc(CCSCN(C)C(=O)CC(C)CC)[nH]4)cc2O3)[nH]1.CN.CNC(=O)OC.COC=O. The van der Waals surface area contributed by atoms with Crippen LogP contribution in [-0.4, -0.2) is 108 Å². The van der Waals surface area contributed by atoms with Crippen molar-refractivity contribution in [3.63, 3.8) is 0 Å². The monoisotopic (exact) mass is 908 g/mol. The van der Waals surface area contributed by atoms with E-state index in [4.69, 9.17) is 9.53 Å². The Labute approximate surface area is 381 Å². The number of fused-ring (bicyclic) bond motifs is 4. The first-order valence-electron chi connectivity index (χ1n) is 21.4. The van der Waals surface area contributed by atoms with Gasteiger partial charge in [-0.15, -0.1) is 23.5 Å². The van der Waals surface area contributed by atoms with Gasteiger partial charge >= 0.3 is 6.09 Å². The summed E-state index contributed by atoms with van der Waals surface area (Å²) in [5, 5.41) is 5.27. The van der Waals surface area contributed by atoms with Gasteiger partial charge in [-0.25, -0.2) is 14.8 Å². The number of amides is 3. The van der Waals surface area contributed by atoms with E-state index in [-0.39, 0.29) is 17.2 Å². The van der Waals surface area contributed by atoms with Crippen LogP contribution in [0.3, 0.4) is 0 Å². The van der Waals surface area contributed by atoms with Crippen LogP contribution >= 0.6 is 23.5 Å². The highest BCUT2D eigenvalue weighted by Gasteiger charge is 2.51. The second kappa shape index (κ2) is 27.2. The molecule has 3 amide bonds. The first-order chi connectivity index (χ1) is 30.4. The topological polar surface area (TPSA) is 207 Å². The number of rotatable bonds is 19. The third-order valence-electron chi connectivity index (χ3n) is 10.8. The molecule has 1 fully saturated rings. The summed E-state index contributed by atoms with van der Waals surface area (Å²) >= 11 is 3.48. The molecule has 0 saturated heterocycles. The quantitative estimate of drug-likeness (QED) is 0.0346. The summed E-state index contributed by atoms with van der Waals surface area (Å²) < 4.78 is 14.6. The van der Waals surface area contributed by atoms with E-state index in [0.29, 0.717) is 42.9 Å². The third-order valence-corrected chi connectivity index (χ3v) is 12.7. The fourth-order valence-corrected chi connectivity index (χ4v) is 8.21. The smallest absolute Gasteiger partial charge is 0.406 e. The second-order valence-electron chi connectivity index (χ2n) is 15.4. The van der Waals surface area contributed by atoms with Gasteiger partial charge in [-0.2, -0.15) is 0 Å². The van der Waals surface area contributed by atoms with Crippen molar-refractivity contribution in [1.82, 2.24) is 35.5 Å². The fraction of sp³-hybridized carbons (Fsp3) is 0.522. The molecule has 6 N–H and O–H groups in total. The van der Waals surface area contributed by atoms with E-state index in [9.17, 15) is 14.4 Å². The predicted molar refractivity (Wildman–Crippen MR) is 254 cm³/mol. The fourth-order valence-electron chi connectivity index (χ4n) is 6.58. The number of ether oxygens (including phenoxy) is 3. The normalized spacial score (nSPS) is 13.3. The maximum Gasteiger partial charge on any atom is 0.406 e. The maximum absolute atomic E-state index is 12.4. The van der Waals surface area contributed by atoms with Crippen LogP contribution < -0.4 is 21.1 Å². The van der Waals surface area contributed by atoms with Crippen LogP contribution in [0.2, 0.25) is 0 Å². The zero-order chi connectivity index (χ0) is 46.4. The number of alkyl carbamates (subject to hydrolysis) is 1. The van der Waals surface area contributed by atoms with Gasteiger partial charge in [-0.3, -0.25) is 14.4 Å². The summed E-state index contributed by atoms with van der Waals surface area (Å²) in [5.74, 6) is 8.02. The Bertz CT molecular complexity index is 2030. The zero-order valence-electron chi connectivity index (χ0n) is 38.4. The Hall–Kier alpha value is -5.00. The lowest BCUT2D eigenvalue weighted by Gasteiger charge is -2.29. The van der Waals surface area contributed by atoms with Gasteiger partial charge in [0, 0.05) is 79.0 Å². The van der Waals surface area contributed by atoms with Crippen molar-refractivity contribution < 1.29 is 33.4 Å². The summed E-state index contributed by atoms with van der Waals surface area (Å²) in [7, 11) is 7.53. The summed E-state index contributed by atoms with van der Waals surface area (Å²) in [4.78, 5) is 61.4. The highest BCUT2D eigenvalue weighted by Crippen LogP contribution is 2.62. The lowest BCUT2D eigenvalue weighted by atomic mass is 9.83. The molecule has 346 valence electrons. The minimum atomic E-state index is -0.407. The highest BCUT2D eigenvalue weighted by atomic mass is 32.2. The standard InChI is InChI=1S/C40H52N6O3S2.C3H7NO2.C2H4O2.CH5N/c1-6-26(3)18-38(47)43-24-50-16-12-36-41-22-32(44-36)28-9-11-34-31(20-28)40(14-15-40)30-10-8-29(21-35(30)49-34)33-23-42-37(45-33)13-17-51-25-46(5)39(48)19-27(4)7-2;1-4-3(5)6-2;1-4-2-3;1-2/h8-11,20-23,26-27H,6-7,12-19,24-25H2,1-5H3,(H,41,44)(H,42,45)(H,43,47);1-2H3,(H,4,5);2H,1H3;2H2,1H3. The minimum Gasteiger partial charge on any atom is -0.471 e. The van der Waals surface area contributed by atoms with Crippen molar-refractivity contribution in [2.75, 3.05) is 58.6 Å². The number of nitrogens with one attached hydrogen (secondary N) is 4. The molecule has 6 rings (SSSR count). The van der Waals surface area contributed by atoms with Crippen LogP contribution in [0.15, 0.2) is 48.8 Å². The van der Waals surface area contributed by atoms with Crippen molar-refractivity contribution in [3.8, 4) is 34.0 Å². The number of hydrogen-bond acceptors (Lipinski definition) is 12. The summed E-state index contributed by atoms with van der Waals surface area (Å²) in [6.45, 7) is 8.85. The van der Waals surface area contributed by atoms with E-state index >= 15 is 0 Å². The summed E-state index contributed by atoms with van der Waals surface area (Å²) in [6.07, 6.45) is 10.5. The number of H-pyrrole nitrogens is 2. The predicted octanol–water partition coefficient (Wildman–Crippen LogP) is 7.90. The molecule has 2 aromatic carbocycles. The molecule has 63 heavy (non-hydrogen) atoms. The van der Waals surface area contributed by atoms with Crippen LogP contribution in [0.5, 0.6) is 11.5 Å². The van der Waals surface area contributed by atoms with Crippen molar-refractivity contribution >= 4 is 47.9 Å². The molecule has 1 aliphatic carbocycles. The molecule has 1 spiro atoms. The van der Waals surface area contributed by atoms with Crippen LogP contribution in [0, 0.1) is 11.8 Å². The largest absolute Gasteiger partial charge is 0.471 e. The second-order valence-corrected chi connectivity index (χ2v) is 17.6. The van der Waals surface area contributed by atoms with Crippen LogP contribution in [0.1, 0.15) is 89.0 Å². The van der Waals surface area contributed by atoms with E-state index < -0.39 is 6.09 Å². The van der Waals surface area contributed by atoms with E-state index in [0.717, 1.165) is 95.7 Å². The van der Waals surface area contributed by atoms with Crippen molar-refractivity contribution in [2.45, 2.75) is 84.5 Å². The number of methoxy groups -OCH3 is 2.